The third-order valence-corrected chi connectivity index (χ3v) is 5.99. The van der Waals surface area contributed by atoms with Gasteiger partial charge in [0.15, 0.2) is 0 Å². The van der Waals surface area contributed by atoms with E-state index in [0.717, 1.165) is 13.1 Å². The fraction of sp³-hybridized carbons (Fsp3) is 0.118. The molecule has 0 aromatic heterocycles. The normalized spacial score (nSPS) is 10.6. The molecule has 0 fully saturated rings. The average Bonchev–Trinajstić information content (AvgIpc) is 2.92. The Labute approximate surface area is 210 Å². The van der Waals surface area contributed by atoms with Gasteiger partial charge in [0.2, 0.25) is 0 Å². The highest BCUT2D eigenvalue weighted by Crippen LogP contribution is 2.31. The van der Waals surface area contributed by atoms with Crippen molar-refractivity contribution in [2.45, 2.75) is 19.0 Å². The maximum Gasteiger partial charge on any atom is 0.0339 e. The largest absolute Gasteiger partial charge is 0.298 e. The summed E-state index contributed by atoms with van der Waals surface area (Å²) in [5, 5.41) is 0. The number of hydrogen-bond donors (Lipinski definition) is 0. The first-order valence-corrected chi connectivity index (χ1v) is 12.2. The zero-order valence-electron chi connectivity index (χ0n) is 20.4. The topological polar surface area (TPSA) is 3.24 Å². The molecule has 0 aliphatic carbocycles. The first-order chi connectivity index (χ1) is 17.3. The van der Waals surface area contributed by atoms with Crippen molar-refractivity contribution in [3.05, 3.63) is 179 Å². The molecule has 0 aliphatic rings. The van der Waals surface area contributed by atoms with Crippen molar-refractivity contribution in [2.24, 2.45) is 0 Å². The molecule has 35 heavy (non-hydrogen) atoms. The highest BCUT2D eigenvalue weighted by molar-refractivity contribution is 5.42. The van der Waals surface area contributed by atoms with E-state index in [0.29, 0.717) is 5.92 Å². The summed E-state index contributed by atoms with van der Waals surface area (Å²) in [6.07, 6.45) is 0. The minimum atomic E-state index is 0.309. The highest BCUT2D eigenvalue weighted by Gasteiger charge is 2.15. The Kier molecular flexibility index (Phi) is 9.04. The molecule has 0 bridgehead atoms. The summed E-state index contributed by atoms with van der Waals surface area (Å²) in [4.78, 5) is 2.32. The zero-order valence-corrected chi connectivity index (χ0v) is 20.4. The van der Waals surface area contributed by atoms with Gasteiger partial charge in [-0.2, -0.15) is 0 Å². The van der Waals surface area contributed by atoms with E-state index >= 15 is 0 Å². The van der Waals surface area contributed by atoms with Gasteiger partial charge in [0.05, 0.1) is 0 Å². The van der Waals surface area contributed by atoms with Crippen LogP contribution in [0.15, 0.2) is 152 Å². The maximum atomic E-state index is 2.32. The van der Waals surface area contributed by atoms with Gasteiger partial charge in [0.1, 0.15) is 0 Å². The SMILES string of the molecule is CN(Cc1ccccc1)Cc1ccccc1.c1ccc(C(c2ccccc2)c2ccccc2)cc1. The predicted octanol–water partition coefficient (Wildman–Crippen LogP) is 8.19. The Morgan fingerprint density at radius 2 is 0.657 bits per heavy atom. The Morgan fingerprint density at radius 3 is 0.943 bits per heavy atom. The molecular weight excluding hydrogens is 422 g/mol. The van der Waals surface area contributed by atoms with E-state index < -0.39 is 0 Å². The van der Waals surface area contributed by atoms with E-state index in [1.165, 1.54) is 27.8 Å². The van der Waals surface area contributed by atoms with Gasteiger partial charge in [-0.3, -0.25) is 4.90 Å². The molecule has 0 amide bonds. The molecule has 5 aromatic rings. The van der Waals surface area contributed by atoms with E-state index in [2.05, 4.69) is 164 Å². The first-order valence-electron chi connectivity index (χ1n) is 12.2. The van der Waals surface area contributed by atoms with Gasteiger partial charge in [-0.25, -0.2) is 0 Å². The van der Waals surface area contributed by atoms with Crippen LogP contribution in [0.2, 0.25) is 0 Å². The molecule has 5 aromatic carbocycles. The fourth-order valence-electron chi connectivity index (χ4n) is 4.36. The van der Waals surface area contributed by atoms with Crippen molar-refractivity contribution in [3.8, 4) is 0 Å². The molecule has 1 heteroatoms. The number of nitrogens with zero attached hydrogens (tertiary/aromatic N) is 1. The van der Waals surface area contributed by atoms with Crippen molar-refractivity contribution in [3.63, 3.8) is 0 Å². The van der Waals surface area contributed by atoms with Crippen LogP contribution in [0.4, 0.5) is 0 Å². The molecule has 0 unspecified atom stereocenters. The van der Waals surface area contributed by atoms with Crippen molar-refractivity contribution < 1.29 is 0 Å². The summed E-state index contributed by atoms with van der Waals surface area (Å²) in [7, 11) is 2.15. The third kappa shape index (κ3) is 7.53. The Balaban J connectivity index is 0.000000168. The van der Waals surface area contributed by atoms with Crippen LogP contribution in [-0.2, 0) is 13.1 Å². The first kappa shape index (κ1) is 24.2. The van der Waals surface area contributed by atoms with Gasteiger partial charge in [0, 0.05) is 19.0 Å². The lowest BCUT2D eigenvalue weighted by atomic mass is 9.85. The van der Waals surface area contributed by atoms with Crippen LogP contribution in [0.3, 0.4) is 0 Å². The molecule has 0 saturated heterocycles. The number of benzene rings is 5. The van der Waals surface area contributed by atoms with E-state index in [4.69, 9.17) is 0 Å². The molecule has 0 heterocycles. The molecule has 5 rings (SSSR count). The summed E-state index contributed by atoms with van der Waals surface area (Å²) >= 11 is 0. The van der Waals surface area contributed by atoms with Gasteiger partial charge in [-0.15, -0.1) is 0 Å². The molecule has 0 atom stereocenters. The van der Waals surface area contributed by atoms with Gasteiger partial charge in [-0.05, 0) is 34.9 Å². The summed E-state index contributed by atoms with van der Waals surface area (Å²) in [5.41, 5.74) is 6.72. The van der Waals surface area contributed by atoms with Gasteiger partial charge in [0.25, 0.3) is 0 Å². The quantitative estimate of drug-likeness (QED) is 0.224. The van der Waals surface area contributed by atoms with E-state index in [-0.39, 0.29) is 0 Å². The van der Waals surface area contributed by atoms with E-state index in [1.807, 2.05) is 0 Å². The van der Waals surface area contributed by atoms with Crippen molar-refractivity contribution in [1.29, 1.82) is 0 Å². The molecule has 0 aliphatic heterocycles. The van der Waals surface area contributed by atoms with Gasteiger partial charge >= 0.3 is 0 Å². The summed E-state index contributed by atoms with van der Waals surface area (Å²) in [6, 6.07) is 53.2. The molecule has 0 N–H and O–H groups in total. The van der Waals surface area contributed by atoms with Crippen LogP contribution < -0.4 is 0 Å². The second-order valence-electron chi connectivity index (χ2n) is 8.81. The van der Waals surface area contributed by atoms with Crippen LogP contribution in [0, 0.1) is 0 Å². The monoisotopic (exact) mass is 455 g/mol. The average molecular weight is 456 g/mol. The summed E-state index contributed by atoms with van der Waals surface area (Å²) < 4.78 is 0. The summed E-state index contributed by atoms with van der Waals surface area (Å²) in [5.74, 6) is 0.309. The standard InChI is InChI=1S/C19H16.C15H17N/c1-4-10-16(11-5-1)19(17-12-6-2-7-13-17)18-14-8-3-9-15-18;1-16(12-14-8-4-2-5-9-14)13-15-10-6-3-7-11-15/h1-15,19H;2-11H,12-13H2,1H3. The van der Waals surface area contributed by atoms with Crippen LogP contribution in [0.5, 0.6) is 0 Å². The Hall–Kier alpha value is -3.94. The highest BCUT2D eigenvalue weighted by atomic mass is 15.1. The Bertz CT molecular complexity index is 1090. The second kappa shape index (κ2) is 13.1. The van der Waals surface area contributed by atoms with Crippen LogP contribution in [0.25, 0.3) is 0 Å². The lowest BCUT2D eigenvalue weighted by Gasteiger charge is -2.18. The molecule has 1 nitrogen and oxygen atoms in total. The molecule has 0 radical (unpaired) electrons. The van der Waals surface area contributed by atoms with Crippen LogP contribution in [-0.4, -0.2) is 11.9 Å². The van der Waals surface area contributed by atoms with E-state index in [1.54, 1.807) is 0 Å². The van der Waals surface area contributed by atoms with Crippen LogP contribution in [0.1, 0.15) is 33.7 Å². The smallest absolute Gasteiger partial charge is 0.0339 e. The summed E-state index contributed by atoms with van der Waals surface area (Å²) in [6.45, 7) is 1.99. The second-order valence-corrected chi connectivity index (χ2v) is 8.81. The minimum absolute atomic E-state index is 0.309. The lowest BCUT2D eigenvalue weighted by Crippen LogP contribution is -2.16. The van der Waals surface area contributed by atoms with Crippen molar-refractivity contribution in [2.75, 3.05) is 7.05 Å². The molecule has 0 saturated carbocycles. The lowest BCUT2D eigenvalue weighted by molar-refractivity contribution is 0.319. The third-order valence-electron chi connectivity index (χ3n) is 5.99. The maximum absolute atomic E-state index is 2.32. The Morgan fingerprint density at radius 1 is 0.400 bits per heavy atom. The molecular formula is C34H33N. The zero-order chi connectivity index (χ0) is 24.1. The number of hydrogen-bond acceptors (Lipinski definition) is 1. The molecule has 0 spiro atoms. The van der Waals surface area contributed by atoms with Gasteiger partial charge in [-0.1, -0.05) is 152 Å². The van der Waals surface area contributed by atoms with Crippen molar-refractivity contribution in [1.82, 2.24) is 4.90 Å². The predicted molar refractivity (Wildman–Crippen MR) is 148 cm³/mol. The fourth-order valence-corrected chi connectivity index (χ4v) is 4.36. The van der Waals surface area contributed by atoms with Gasteiger partial charge < -0.3 is 0 Å². The molecule has 174 valence electrons. The minimum Gasteiger partial charge on any atom is -0.298 e. The van der Waals surface area contributed by atoms with E-state index in [9.17, 15) is 0 Å². The van der Waals surface area contributed by atoms with Crippen LogP contribution >= 0.6 is 0 Å². The number of rotatable bonds is 7. The van der Waals surface area contributed by atoms with Crippen molar-refractivity contribution >= 4 is 0 Å².